The van der Waals surface area contributed by atoms with Crippen LogP contribution < -0.4 is 5.73 Å². The van der Waals surface area contributed by atoms with Gasteiger partial charge in [-0.3, -0.25) is 0 Å². The van der Waals surface area contributed by atoms with Crippen LogP contribution in [-0.2, 0) is 0 Å². The topological polar surface area (TPSA) is 26.0 Å². The maximum Gasteiger partial charge on any atom is 0.455 e. The summed E-state index contributed by atoms with van der Waals surface area (Å²) in [7, 11) is 0. The van der Waals surface area contributed by atoms with Crippen LogP contribution in [0.1, 0.15) is 11.6 Å². The van der Waals surface area contributed by atoms with Crippen LogP contribution >= 0.6 is 35.6 Å². The Hall–Kier alpha value is -0.300. The van der Waals surface area contributed by atoms with Crippen molar-refractivity contribution in [3.8, 4) is 0 Å². The summed E-state index contributed by atoms with van der Waals surface area (Å²) in [6, 6.07) is 0.543. The van der Waals surface area contributed by atoms with Crippen LogP contribution in [0.5, 0.6) is 0 Å². The van der Waals surface area contributed by atoms with E-state index in [0.717, 1.165) is 18.2 Å². The second kappa shape index (κ2) is 5.77. The number of benzene rings is 1. The minimum absolute atomic E-state index is 0. The molecule has 0 heterocycles. The van der Waals surface area contributed by atoms with Gasteiger partial charge in [-0.15, -0.1) is 12.4 Å². The number of rotatable bonds is 2. The average Bonchev–Trinajstić information content (AvgIpc) is 2.14. The minimum atomic E-state index is -5.74. The van der Waals surface area contributed by atoms with Crippen molar-refractivity contribution in [1.29, 1.82) is 0 Å². The summed E-state index contributed by atoms with van der Waals surface area (Å²) in [6.45, 7) is 0. The Morgan fingerprint density at radius 2 is 1.56 bits per heavy atom. The fourth-order valence-electron chi connectivity index (χ4n) is 1.13. The van der Waals surface area contributed by atoms with E-state index < -0.39 is 23.7 Å². The third-order valence-electron chi connectivity index (χ3n) is 2.07. The summed E-state index contributed by atoms with van der Waals surface area (Å²) in [5.74, 6) is -5.07. The van der Waals surface area contributed by atoms with E-state index in [1.54, 1.807) is 0 Å². The van der Waals surface area contributed by atoms with Crippen molar-refractivity contribution in [3.63, 3.8) is 0 Å². The van der Waals surface area contributed by atoms with Gasteiger partial charge in [0.2, 0.25) is 0 Å². The second-order valence-electron chi connectivity index (χ2n) is 3.26. The van der Waals surface area contributed by atoms with Gasteiger partial charge in [0.15, 0.2) is 0 Å². The van der Waals surface area contributed by atoms with Crippen LogP contribution in [0.25, 0.3) is 0 Å². The normalized spacial score (nSPS) is 14.0. The Bertz CT molecular complexity index is 421. The fourth-order valence-corrected chi connectivity index (χ4v) is 1.65. The maximum atomic E-state index is 12.9. The fraction of sp³-hybridized carbons (Fsp3) is 0.333. The molecule has 9 heteroatoms. The molecule has 2 N–H and O–H groups in total. The van der Waals surface area contributed by atoms with Gasteiger partial charge < -0.3 is 5.73 Å². The minimum Gasteiger partial charge on any atom is -0.319 e. The number of halogens is 8. The number of hydrogen-bond acceptors (Lipinski definition) is 1. The molecular formula is C9H7Cl3F5N. The lowest BCUT2D eigenvalue weighted by Crippen LogP contribution is -2.45. The first-order valence-electron chi connectivity index (χ1n) is 4.22. The van der Waals surface area contributed by atoms with Crippen LogP contribution in [-0.4, -0.2) is 12.1 Å². The molecule has 104 valence electrons. The summed E-state index contributed by atoms with van der Waals surface area (Å²) in [6.07, 6.45) is -5.74. The predicted molar refractivity (Wildman–Crippen MR) is 61.6 cm³/mol. The summed E-state index contributed by atoms with van der Waals surface area (Å²) in [5.41, 5.74) is 4.40. The number of hydrogen-bond donors (Lipinski definition) is 1. The number of alkyl halides is 5. The highest BCUT2D eigenvalue weighted by Gasteiger charge is 2.61. The summed E-state index contributed by atoms with van der Waals surface area (Å²) in [4.78, 5) is 0. The first-order chi connectivity index (χ1) is 7.57. The van der Waals surface area contributed by atoms with E-state index in [1.165, 1.54) is 0 Å². The molecule has 0 aliphatic heterocycles. The molecule has 18 heavy (non-hydrogen) atoms. The van der Waals surface area contributed by atoms with E-state index in [-0.39, 0.29) is 22.5 Å². The van der Waals surface area contributed by atoms with Gasteiger partial charge in [-0.1, -0.05) is 29.3 Å². The van der Waals surface area contributed by atoms with Gasteiger partial charge in [0.05, 0.1) is 0 Å². The Balaban J connectivity index is 0.00000289. The molecule has 0 amide bonds. The first-order valence-corrected chi connectivity index (χ1v) is 4.98. The van der Waals surface area contributed by atoms with E-state index in [2.05, 4.69) is 0 Å². The molecule has 0 aliphatic carbocycles. The van der Waals surface area contributed by atoms with Crippen molar-refractivity contribution in [1.82, 2.24) is 0 Å². The molecule has 0 spiro atoms. The van der Waals surface area contributed by atoms with Crippen molar-refractivity contribution >= 4 is 35.6 Å². The van der Waals surface area contributed by atoms with E-state index in [9.17, 15) is 22.0 Å². The van der Waals surface area contributed by atoms with Gasteiger partial charge in [-0.05, 0) is 17.7 Å². The van der Waals surface area contributed by atoms with Crippen LogP contribution in [0, 0.1) is 0 Å². The molecule has 1 atom stereocenters. The van der Waals surface area contributed by atoms with E-state index in [0.29, 0.717) is 0 Å². The molecule has 0 aliphatic rings. The predicted octanol–water partition coefficient (Wildman–Crippen LogP) is 4.61. The van der Waals surface area contributed by atoms with Gasteiger partial charge in [0, 0.05) is 10.0 Å². The molecule has 0 radical (unpaired) electrons. The Labute approximate surface area is 115 Å². The quantitative estimate of drug-likeness (QED) is 0.787. The lowest BCUT2D eigenvalue weighted by Gasteiger charge is -2.26. The zero-order valence-corrected chi connectivity index (χ0v) is 10.8. The molecule has 1 nitrogen and oxygen atoms in total. The molecule has 0 unspecified atom stereocenters. The maximum absolute atomic E-state index is 12.9. The van der Waals surface area contributed by atoms with Crippen LogP contribution in [0.2, 0.25) is 10.0 Å². The van der Waals surface area contributed by atoms with Crippen molar-refractivity contribution in [3.05, 3.63) is 33.8 Å². The SMILES string of the molecule is Cl.N[C@@H](c1ccc(Cl)cc1Cl)C(F)(F)C(F)(F)F. The highest BCUT2D eigenvalue weighted by Crippen LogP contribution is 2.44. The van der Waals surface area contributed by atoms with Gasteiger partial charge in [-0.25, -0.2) is 0 Å². The second-order valence-corrected chi connectivity index (χ2v) is 4.11. The molecular weight excluding hydrogens is 323 g/mol. The standard InChI is InChI=1S/C9H6Cl2F5N.ClH/c10-4-1-2-5(6(11)3-4)7(17)8(12,13)9(14,15)16;/h1-3,7H,17H2;1H/t7-;/m0./s1. The van der Waals surface area contributed by atoms with Gasteiger partial charge >= 0.3 is 12.1 Å². The van der Waals surface area contributed by atoms with E-state index in [4.69, 9.17) is 28.9 Å². The first kappa shape index (κ1) is 17.7. The van der Waals surface area contributed by atoms with Crippen molar-refractivity contribution in [2.45, 2.75) is 18.1 Å². The van der Waals surface area contributed by atoms with Gasteiger partial charge in [0.25, 0.3) is 0 Å². The molecule has 1 aromatic carbocycles. The number of nitrogens with two attached hydrogens (primary N) is 1. The van der Waals surface area contributed by atoms with Gasteiger partial charge in [0.1, 0.15) is 6.04 Å². The smallest absolute Gasteiger partial charge is 0.319 e. The lowest BCUT2D eigenvalue weighted by molar-refractivity contribution is -0.290. The third-order valence-corrected chi connectivity index (χ3v) is 2.63. The van der Waals surface area contributed by atoms with E-state index >= 15 is 0 Å². The monoisotopic (exact) mass is 329 g/mol. The van der Waals surface area contributed by atoms with Gasteiger partial charge in [-0.2, -0.15) is 22.0 Å². The summed E-state index contributed by atoms with van der Waals surface area (Å²) >= 11 is 11.0. The molecule has 0 saturated heterocycles. The van der Waals surface area contributed by atoms with Crippen molar-refractivity contribution in [2.75, 3.05) is 0 Å². The van der Waals surface area contributed by atoms with Crippen LogP contribution in [0.3, 0.4) is 0 Å². The molecule has 1 aromatic rings. The average molecular weight is 331 g/mol. The van der Waals surface area contributed by atoms with Crippen LogP contribution in [0.15, 0.2) is 18.2 Å². The highest BCUT2D eigenvalue weighted by atomic mass is 35.5. The Morgan fingerprint density at radius 1 is 1.06 bits per heavy atom. The molecule has 0 saturated carbocycles. The zero-order chi connectivity index (χ0) is 13.4. The van der Waals surface area contributed by atoms with Crippen LogP contribution in [0.4, 0.5) is 22.0 Å². The Kier molecular flexibility index (Phi) is 5.68. The molecule has 1 rings (SSSR count). The van der Waals surface area contributed by atoms with E-state index in [1.807, 2.05) is 0 Å². The largest absolute Gasteiger partial charge is 0.455 e. The summed E-state index contributed by atoms with van der Waals surface area (Å²) in [5, 5.41) is -0.227. The summed E-state index contributed by atoms with van der Waals surface area (Å²) < 4.78 is 62.1. The lowest BCUT2D eigenvalue weighted by atomic mass is 10.0. The molecule has 0 aromatic heterocycles. The Morgan fingerprint density at radius 3 is 1.94 bits per heavy atom. The molecule has 0 bridgehead atoms. The zero-order valence-electron chi connectivity index (χ0n) is 8.44. The highest BCUT2D eigenvalue weighted by molar-refractivity contribution is 6.35. The third kappa shape index (κ3) is 3.38. The van der Waals surface area contributed by atoms with Crippen molar-refractivity contribution < 1.29 is 22.0 Å². The van der Waals surface area contributed by atoms with Crippen molar-refractivity contribution in [2.24, 2.45) is 5.73 Å². The molecule has 0 fully saturated rings.